The van der Waals surface area contributed by atoms with E-state index in [0.717, 1.165) is 19.0 Å². The summed E-state index contributed by atoms with van der Waals surface area (Å²) in [4.78, 5) is 14.6. The minimum Gasteiger partial charge on any atom is -0.332 e. The summed E-state index contributed by atoms with van der Waals surface area (Å²) in [6.45, 7) is 8.17. The van der Waals surface area contributed by atoms with Crippen molar-refractivity contribution in [3.8, 4) is 0 Å². The molecule has 24 heavy (non-hydrogen) atoms. The molecule has 0 spiro atoms. The van der Waals surface area contributed by atoms with Gasteiger partial charge in [0.15, 0.2) is 0 Å². The van der Waals surface area contributed by atoms with Crippen LogP contribution in [-0.4, -0.2) is 59.7 Å². The molecule has 0 aromatic carbocycles. The Morgan fingerprint density at radius 3 is 2.33 bits per heavy atom. The Hall–Kier alpha value is -1.20. The predicted octanol–water partition coefficient (Wildman–Crippen LogP) is 2.40. The standard InChI is InChI=1S/C19H31N5/c1-2-3-8-23-9-6-15(7-10-23)16-11-21-19(22-12-16)24-17-4-5-18(24)14-20-13-17/h11-12,15,17-18,20H,2-10,13-14H2,1H3. The molecule has 2 bridgehead atoms. The Morgan fingerprint density at radius 2 is 1.71 bits per heavy atom. The number of likely N-dealkylation sites (tertiary alicyclic amines) is 1. The second-order valence-electron chi connectivity index (χ2n) is 7.74. The molecule has 1 aromatic rings. The van der Waals surface area contributed by atoms with E-state index in [4.69, 9.17) is 9.97 Å². The van der Waals surface area contributed by atoms with Gasteiger partial charge in [-0.1, -0.05) is 13.3 Å². The van der Waals surface area contributed by atoms with Gasteiger partial charge in [0.05, 0.1) is 0 Å². The number of unbranched alkanes of at least 4 members (excludes halogenated alkanes) is 1. The highest BCUT2D eigenvalue weighted by molar-refractivity contribution is 5.38. The van der Waals surface area contributed by atoms with E-state index in [1.165, 1.54) is 63.7 Å². The van der Waals surface area contributed by atoms with Gasteiger partial charge in [-0.2, -0.15) is 0 Å². The van der Waals surface area contributed by atoms with Crippen LogP contribution in [0.1, 0.15) is 56.9 Å². The van der Waals surface area contributed by atoms with Crippen LogP contribution in [0, 0.1) is 0 Å². The lowest BCUT2D eigenvalue weighted by Gasteiger charge is -2.35. The van der Waals surface area contributed by atoms with Crippen molar-refractivity contribution in [2.45, 2.75) is 63.5 Å². The minimum atomic E-state index is 0.594. The van der Waals surface area contributed by atoms with Gasteiger partial charge < -0.3 is 15.1 Å². The number of nitrogens with one attached hydrogen (secondary N) is 1. The maximum atomic E-state index is 4.76. The monoisotopic (exact) mass is 329 g/mol. The van der Waals surface area contributed by atoms with Crippen molar-refractivity contribution in [3.63, 3.8) is 0 Å². The summed E-state index contributed by atoms with van der Waals surface area (Å²) in [5.41, 5.74) is 1.34. The van der Waals surface area contributed by atoms with E-state index >= 15 is 0 Å². The number of anilines is 1. The summed E-state index contributed by atoms with van der Waals surface area (Å²) in [6, 6.07) is 1.19. The lowest BCUT2D eigenvalue weighted by Crippen LogP contribution is -2.52. The van der Waals surface area contributed by atoms with Crippen LogP contribution >= 0.6 is 0 Å². The van der Waals surface area contributed by atoms with Gasteiger partial charge in [-0.25, -0.2) is 9.97 Å². The van der Waals surface area contributed by atoms with Crippen molar-refractivity contribution in [2.75, 3.05) is 37.6 Å². The fourth-order valence-electron chi connectivity index (χ4n) is 4.65. The van der Waals surface area contributed by atoms with Gasteiger partial charge in [0.25, 0.3) is 0 Å². The van der Waals surface area contributed by atoms with Crippen molar-refractivity contribution < 1.29 is 0 Å². The van der Waals surface area contributed by atoms with E-state index in [1.54, 1.807) is 0 Å². The average Bonchev–Trinajstić information content (AvgIpc) is 2.89. The lowest BCUT2D eigenvalue weighted by molar-refractivity contribution is 0.209. The quantitative estimate of drug-likeness (QED) is 0.899. The van der Waals surface area contributed by atoms with Gasteiger partial charge in [-0.15, -0.1) is 0 Å². The first-order chi connectivity index (χ1) is 11.8. The number of piperazine rings is 1. The molecule has 3 fully saturated rings. The molecule has 4 heterocycles. The smallest absolute Gasteiger partial charge is 0.225 e. The SMILES string of the molecule is CCCCN1CCC(c2cnc(N3C4CCC3CNC4)nc2)CC1. The Morgan fingerprint density at radius 1 is 1.04 bits per heavy atom. The van der Waals surface area contributed by atoms with Crippen LogP contribution in [0.4, 0.5) is 5.95 Å². The molecule has 132 valence electrons. The highest BCUT2D eigenvalue weighted by atomic mass is 15.3. The molecule has 1 aromatic heterocycles. The second kappa shape index (κ2) is 7.36. The molecule has 0 aliphatic carbocycles. The van der Waals surface area contributed by atoms with Gasteiger partial charge in [-0.05, 0) is 63.2 Å². The Balaban J connectivity index is 1.36. The third-order valence-electron chi connectivity index (χ3n) is 6.16. The fourth-order valence-corrected chi connectivity index (χ4v) is 4.65. The zero-order chi connectivity index (χ0) is 16.4. The van der Waals surface area contributed by atoms with Crippen LogP contribution in [0.25, 0.3) is 0 Å². The topological polar surface area (TPSA) is 44.3 Å². The molecule has 1 N–H and O–H groups in total. The molecule has 2 unspecified atom stereocenters. The van der Waals surface area contributed by atoms with Crippen LogP contribution in [0.2, 0.25) is 0 Å². The maximum Gasteiger partial charge on any atom is 0.225 e. The molecule has 3 saturated heterocycles. The van der Waals surface area contributed by atoms with Crippen molar-refractivity contribution in [3.05, 3.63) is 18.0 Å². The van der Waals surface area contributed by atoms with Gasteiger partial charge >= 0.3 is 0 Å². The number of fused-ring (bicyclic) bond motifs is 2. The van der Waals surface area contributed by atoms with E-state index in [0.29, 0.717) is 18.0 Å². The first-order valence-electron chi connectivity index (χ1n) is 9.88. The summed E-state index contributed by atoms with van der Waals surface area (Å²) in [7, 11) is 0. The molecule has 2 atom stereocenters. The van der Waals surface area contributed by atoms with E-state index in [2.05, 4.69) is 34.4 Å². The van der Waals surface area contributed by atoms with Crippen LogP contribution in [0.5, 0.6) is 0 Å². The lowest BCUT2D eigenvalue weighted by atomic mass is 9.91. The van der Waals surface area contributed by atoms with E-state index in [-0.39, 0.29) is 0 Å². The van der Waals surface area contributed by atoms with Crippen molar-refractivity contribution in [1.29, 1.82) is 0 Å². The fraction of sp³-hybridized carbons (Fsp3) is 0.789. The number of aromatic nitrogens is 2. The van der Waals surface area contributed by atoms with Gasteiger partial charge in [-0.3, -0.25) is 0 Å². The highest BCUT2D eigenvalue weighted by Crippen LogP contribution is 2.31. The molecule has 0 radical (unpaired) electrons. The average molecular weight is 329 g/mol. The van der Waals surface area contributed by atoms with E-state index in [9.17, 15) is 0 Å². The van der Waals surface area contributed by atoms with E-state index in [1.807, 2.05) is 0 Å². The third-order valence-corrected chi connectivity index (χ3v) is 6.16. The molecule has 0 amide bonds. The highest BCUT2D eigenvalue weighted by Gasteiger charge is 2.38. The summed E-state index contributed by atoms with van der Waals surface area (Å²) >= 11 is 0. The molecule has 0 saturated carbocycles. The van der Waals surface area contributed by atoms with Crippen LogP contribution < -0.4 is 10.2 Å². The summed E-state index contributed by atoms with van der Waals surface area (Å²) in [5.74, 6) is 1.60. The van der Waals surface area contributed by atoms with Crippen LogP contribution in [-0.2, 0) is 0 Å². The second-order valence-corrected chi connectivity index (χ2v) is 7.74. The maximum absolute atomic E-state index is 4.76. The van der Waals surface area contributed by atoms with Crippen molar-refractivity contribution in [1.82, 2.24) is 20.2 Å². The molecule has 5 nitrogen and oxygen atoms in total. The minimum absolute atomic E-state index is 0.594. The van der Waals surface area contributed by atoms with Crippen LogP contribution in [0.15, 0.2) is 12.4 Å². The van der Waals surface area contributed by atoms with E-state index < -0.39 is 0 Å². The summed E-state index contributed by atoms with van der Waals surface area (Å²) in [6.07, 6.45) is 11.9. The first kappa shape index (κ1) is 16.3. The third kappa shape index (κ3) is 3.29. The number of nitrogens with zero attached hydrogens (tertiary/aromatic N) is 4. The van der Waals surface area contributed by atoms with Gasteiger partial charge in [0.1, 0.15) is 0 Å². The Labute approximate surface area is 145 Å². The predicted molar refractivity (Wildman–Crippen MR) is 97.5 cm³/mol. The normalized spacial score (nSPS) is 28.5. The summed E-state index contributed by atoms with van der Waals surface area (Å²) in [5, 5.41) is 3.53. The van der Waals surface area contributed by atoms with Crippen molar-refractivity contribution in [2.24, 2.45) is 0 Å². The number of hydrogen-bond acceptors (Lipinski definition) is 5. The Bertz CT molecular complexity index is 507. The van der Waals surface area contributed by atoms with Crippen LogP contribution in [0.3, 0.4) is 0 Å². The van der Waals surface area contributed by atoms with Gasteiger partial charge in [0.2, 0.25) is 5.95 Å². The molecule has 5 heteroatoms. The zero-order valence-electron chi connectivity index (χ0n) is 15.0. The first-order valence-corrected chi connectivity index (χ1v) is 9.88. The summed E-state index contributed by atoms with van der Waals surface area (Å²) < 4.78 is 0. The van der Waals surface area contributed by atoms with Crippen molar-refractivity contribution >= 4 is 5.95 Å². The molecular weight excluding hydrogens is 298 g/mol. The van der Waals surface area contributed by atoms with Gasteiger partial charge in [0, 0.05) is 37.6 Å². The molecule has 3 aliphatic rings. The largest absolute Gasteiger partial charge is 0.332 e. The zero-order valence-corrected chi connectivity index (χ0v) is 15.0. The number of rotatable bonds is 5. The Kier molecular flexibility index (Phi) is 4.99. The molecule has 3 aliphatic heterocycles. The molecular formula is C19H31N5. The molecule has 4 rings (SSSR count). The number of piperidine rings is 1. The number of hydrogen-bond donors (Lipinski definition) is 1.